The van der Waals surface area contributed by atoms with Crippen molar-refractivity contribution in [2.75, 3.05) is 11.9 Å². The van der Waals surface area contributed by atoms with Gasteiger partial charge in [-0.1, -0.05) is 0 Å². The van der Waals surface area contributed by atoms with Crippen LogP contribution in [-0.4, -0.2) is 40.5 Å². The van der Waals surface area contributed by atoms with Crippen LogP contribution in [0.2, 0.25) is 0 Å². The topological polar surface area (TPSA) is 113 Å². The van der Waals surface area contributed by atoms with Crippen LogP contribution in [0.3, 0.4) is 0 Å². The molecule has 1 aromatic rings. The van der Waals surface area contributed by atoms with Crippen LogP contribution in [0, 0.1) is 0 Å². The average molecular weight is 277 g/mol. The molecule has 0 aromatic carbocycles. The van der Waals surface area contributed by atoms with Crippen molar-refractivity contribution in [3.8, 4) is 0 Å². The fourth-order valence-corrected chi connectivity index (χ4v) is 1.79. The normalized spacial score (nSPS) is 18.4. The number of piperidine rings is 1. The summed E-state index contributed by atoms with van der Waals surface area (Å²) in [5.41, 5.74) is 0.122. The average Bonchev–Trinajstić information content (AvgIpc) is 2.43. The van der Waals surface area contributed by atoms with Gasteiger partial charge in [0.1, 0.15) is 11.9 Å². The molecule has 0 radical (unpaired) electrons. The van der Waals surface area contributed by atoms with Crippen molar-refractivity contribution in [2.24, 2.45) is 0 Å². The summed E-state index contributed by atoms with van der Waals surface area (Å²) < 4.78 is 0. The maximum absolute atomic E-state index is 11.9. The molecule has 106 valence electrons. The highest BCUT2D eigenvalue weighted by atomic mass is 16.2. The minimum atomic E-state index is -0.713. The second kappa shape index (κ2) is 6.09. The van der Waals surface area contributed by atoms with E-state index in [1.54, 1.807) is 6.07 Å². The molecule has 3 amide bonds. The summed E-state index contributed by atoms with van der Waals surface area (Å²) in [7, 11) is 0. The molecule has 1 aliphatic rings. The molecule has 8 nitrogen and oxygen atoms in total. The number of amides is 3. The van der Waals surface area contributed by atoms with E-state index in [4.69, 9.17) is 0 Å². The van der Waals surface area contributed by atoms with Gasteiger partial charge in [-0.2, -0.15) is 0 Å². The van der Waals surface area contributed by atoms with E-state index in [-0.39, 0.29) is 18.0 Å². The SMILES string of the molecule is CCNc1ccc(C(=O)NC2CCC(=O)NC2=O)nn1. The van der Waals surface area contributed by atoms with E-state index in [0.29, 0.717) is 18.8 Å². The molecule has 0 spiro atoms. The number of imide groups is 1. The Hall–Kier alpha value is -2.51. The van der Waals surface area contributed by atoms with Crippen LogP contribution in [0.5, 0.6) is 0 Å². The first-order chi connectivity index (χ1) is 9.60. The summed E-state index contributed by atoms with van der Waals surface area (Å²) in [6, 6.07) is 2.44. The van der Waals surface area contributed by atoms with Gasteiger partial charge in [-0.25, -0.2) is 0 Å². The van der Waals surface area contributed by atoms with Gasteiger partial charge in [0.15, 0.2) is 5.69 Å². The lowest BCUT2D eigenvalue weighted by molar-refractivity contribution is -0.134. The lowest BCUT2D eigenvalue weighted by Crippen LogP contribution is -2.52. The first-order valence-electron chi connectivity index (χ1n) is 6.32. The molecule has 2 rings (SSSR count). The lowest BCUT2D eigenvalue weighted by atomic mass is 10.1. The number of aromatic nitrogens is 2. The number of nitrogens with zero attached hydrogens (tertiary/aromatic N) is 2. The molecule has 1 saturated heterocycles. The van der Waals surface area contributed by atoms with Gasteiger partial charge in [-0.3, -0.25) is 19.7 Å². The summed E-state index contributed by atoms with van der Waals surface area (Å²) in [5.74, 6) is -0.734. The molecule has 0 saturated carbocycles. The molecule has 1 atom stereocenters. The Morgan fingerprint density at radius 2 is 2.20 bits per heavy atom. The van der Waals surface area contributed by atoms with Crippen molar-refractivity contribution in [3.63, 3.8) is 0 Å². The Morgan fingerprint density at radius 1 is 1.40 bits per heavy atom. The van der Waals surface area contributed by atoms with Gasteiger partial charge >= 0.3 is 0 Å². The summed E-state index contributed by atoms with van der Waals surface area (Å²) in [5, 5.41) is 15.3. The smallest absolute Gasteiger partial charge is 0.272 e. The number of hydrogen-bond donors (Lipinski definition) is 3. The molecule has 20 heavy (non-hydrogen) atoms. The Bertz CT molecular complexity index is 528. The van der Waals surface area contributed by atoms with Gasteiger partial charge in [0.05, 0.1) is 0 Å². The van der Waals surface area contributed by atoms with Gasteiger partial charge in [0.25, 0.3) is 5.91 Å². The summed E-state index contributed by atoms with van der Waals surface area (Å²) in [6.07, 6.45) is 0.501. The zero-order chi connectivity index (χ0) is 14.5. The van der Waals surface area contributed by atoms with Gasteiger partial charge < -0.3 is 10.6 Å². The monoisotopic (exact) mass is 277 g/mol. The fourth-order valence-electron chi connectivity index (χ4n) is 1.79. The number of nitrogens with one attached hydrogen (secondary N) is 3. The highest BCUT2D eigenvalue weighted by Crippen LogP contribution is 2.06. The number of hydrogen-bond acceptors (Lipinski definition) is 6. The predicted molar refractivity (Wildman–Crippen MR) is 69.8 cm³/mol. The van der Waals surface area contributed by atoms with Crippen LogP contribution in [-0.2, 0) is 9.59 Å². The highest BCUT2D eigenvalue weighted by molar-refractivity contribution is 6.03. The van der Waals surface area contributed by atoms with Crippen molar-refractivity contribution in [1.82, 2.24) is 20.8 Å². The van der Waals surface area contributed by atoms with Crippen LogP contribution in [0.4, 0.5) is 5.82 Å². The third kappa shape index (κ3) is 3.28. The molecular formula is C12H15N5O3. The third-order valence-electron chi connectivity index (χ3n) is 2.80. The Labute approximate surface area is 115 Å². The van der Waals surface area contributed by atoms with Crippen LogP contribution in [0.25, 0.3) is 0 Å². The molecule has 1 aromatic heterocycles. The minimum absolute atomic E-state index is 0.122. The van der Waals surface area contributed by atoms with Crippen LogP contribution < -0.4 is 16.0 Å². The zero-order valence-corrected chi connectivity index (χ0v) is 11.0. The molecule has 1 aliphatic heterocycles. The Morgan fingerprint density at radius 3 is 2.80 bits per heavy atom. The number of carbonyl (C=O) groups is 3. The largest absolute Gasteiger partial charge is 0.369 e. The molecule has 2 heterocycles. The van der Waals surface area contributed by atoms with Gasteiger partial charge in [0, 0.05) is 13.0 Å². The maximum atomic E-state index is 11.9. The number of anilines is 1. The Balaban J connectivity index is 1.97. The molecule has 1 unspecified atom stereocenters. The van der Waals surface area contributed by atoms with Gasteiger partial charge in [0.2, 0.25) is 11.8 Å². The van der Waals surface area contributed by atoms with Crippen molar-refractivity contribution in [3.05, 3.63) is 17.8 Å². The van der Waals surface area contributed by atoms with E-state index in [0.717, 1.165) is 0 Å². The maximum Gasteiger partial charge on any atom is 0.272 e. The van der Waals surface area contributed by atoms with E-state index in [9.17, 15) is 14.4 Å². The second-order valence-corrected chi connectivity index (χ2v) is 4.31. The van der Waals surface area contributed by atoms with Crippen molar-refractivity contribution >= 4 is 23.5 Å². The number of carbonyl (C=O) groups excluding carboxylic acids is 3. The predicted octanol–water partition coefficient (Wildman–Crippen LogP) is -0.557. The molecule has 3 N–H and O–H groups in total. The van der Waals surface area contributed by atoms with E-state index >= 15 is 0 Å². The lowest BCUT2D eigenvalue weighted by Gasteiger charge is -2.21. The van der Waals surface area contributed by atoms with E-state index in [1.807, 2.05) is 6.92 Å². The molecule has 0 bridgehead atoms. The molecule has 1 fully saturated rings. The van der Waals surface area contributed by atoms with Crippen LogP contribution in [0.1, 0.15) is 30.3 Å². The summed E-state index contributed by atoms with van der Waals surface area (Å²) in [4.78, 5) is 34.4. The van der Waals surface area contributed by atoms with Crippen molar-refractivity contribution < 1.29 is 14.4 Å². The van der Waals surface area contributed by atoms with Gasteiger partial charge in [-0.15, -0.1) is 10.2 Å². The summed E-state index contributed by atoms with van der Waals surface area (Å²) >= 11 is 0. The van der Waals surface area contributed by atoms with Crippen molar-refractivity contribution in [1.29, 1.82) is 0 Å². The second-order valence-electron chi connectivity index (χ2n) is 4.31. The highest BCUT2D eigenvalue weighted by Gasteiger charge is 2.28. The van der Waals surface area contributed by atoms with Crippen molar-refractivity contribution in [2.45, 2.75) is 25.8 Å². The molecular weight excluding hydrogens is 262 g/mol. The van der Waals surface area contributed by atoms with E-state index in [1.165, 1.54) is 6.07 Å². The fraction of sp³-hybridized carbons (Fsp3) is 0.417. The van der Waals surface area contributed by atoms with E-state index < -0.39 is 17.9 Å². The van der Waals surface area contributed by atoms with E-state index in [2.05, 4.69) is 26.1 Å². The summed E-state index contributed by atoms with van der Waals surface area (Å²) in [6.45, 7) is 2.63. The first kappa shape index (κ1) is 13.9. The third-order valence-corrected chi connectivity index (χ3v) is 2.80. The van der Waals surface area contributed by atoms with Crippen LogP contribution >= 0.6 is 0 Å². The molecule has 0 aliphatic carbocycles. The van der Waals surface area contributed by atoms with Gasteiger partial charge in [-0.05, 0) is 25.5 Å². The van der Waals surface area contributed by atoms with Crippen LogP contribution in [0.15, 0.2) is 12.1 Å². The number of rotatable bonds is 4. The Kier molecular flexibility index (Phi) is 4.24. The quantitative estimate of drug-likeness (QED) is 0.636. The minimum Gasteiger partial charge on any atom is -0.369 e. The zero-order valence-electron chi connectivity index (χ0n) is 11.0. The standard InChI is InChI=1S/C12H15N5O3/c1-2-13-9-5-3-8(16-17-9)12(20)14-7-4-6-10(18)15-11(7)19/h3,5,7H,2,4,6H2,1H3,(H,13,17)(H,14,20)(H,15,18,19). The molecule has 8 heteroatoms. The first-order valence-corrected chi connectivity index (χ1v) is 6.32.